The lowest BCUT2D eigenvalue weighted by Crippen LogP contribution is -2.44. The van der Waals surface area contributed by atoms with Crippen molar-refractivity contribution < 1.29 is 9.59 Å². The predicted molar refractivity (Wildman–Crippen MR) is 121 cm³/mol. The van der Waals surface area contributed by atoms with Gasteiger partial charge in [-0.05, 0) is 31.4 Å². The zero-order chi connectivity index (χ0) is 21.8. The van der Waals surface area contributed by atoms with Crippen LogP contribution in [0.25, 0.3) is 11.0 Å². The van der Waals surface area contributed by atoms with E-state index in [0.29, 0.717) is 31.3 Å². The maximum absolute atomic E-state index is 12.9. The Morgan fingerprint density at radius 3 is 2.61 bits per heavy atom. The van der Waals surface area contributed by atoms with Crippen molar-refractivity contribution in [3.8, 4) is 0 Å². The molecule has 8 nitrogen and oxygen atoms in total. The molecule has 1 N–H and O–H groups in total. The molecule has 0 aliphatic carbocycles. The Bertz CT molecular complexity index is 1120. The molecule has 1 atom stereocenters. The van der Waals surface area contributed by atoms with E-state index in [4.69, 9.17) is 0 Å². The lowest BCUT2D eigenvalue weighted by atomic mass is 9.97. The number of anilines is 1. The molecule has 2 aromatic heterocycles. The number of benzene rings is 1. The van der Waals surface area contributed by atoms with Gasteiger partial charge in [0, 0.05) is 44.2 Å². The van der Waals surface area contributed by atoms with E-state index in [2.05, 4.69) is 10.3 Å². The Balaban J connectivity index is 1.41. The van der Waals surface area contributed by atoms with E-state index in [1.807, 2.05) is 36.6 Å². The summed E-state index contributed by atoms with van der Waals surface area (Å²) in [5, 5.41) is 5.22. The summed E-state index contributed by atoms with van der Waals surface area (Å²) in [5.74, 6) is -0.354. The molecule has 2 amide bonds. The van der Waals surface area contributed by atoms with Crippen LogP contribution in [0.1, 0.15) is 32.6 Å². The number of carbonyl (C=O) groups is 2. The topological polar surface area (TPSA) is 89.2 Å². The van der Waals surface area contributed by atoms with Crippen LogP contribution in [0.5, 0.6) is 0 Å². The number of nitrogens with zero attached hydrogens (tertiary/aromatic N) is 4. The molecular formula is C22H27N5O3S. The van der Waals surface area contributed by atoms with E-state index in [-0.39, 0.29) is 29.8 Å². The minimum Gasteiger partial charge on any atom is -0.342 e. The molecule has 164 valence electrons. The monoisotopic (exact) mass is 441 g/mol. The molecule has 1 aliphatic rings. The van der Waals surface area contributed by atoms with Crippen LogP contribution in [0.15, 0.2) is 40.6 Å². The summed E-state index contributed by atoms with van der Waals surface area (Å²) in [6.07, 6.45) is 4.30. The van der Waals surface area contributed by atoms with Gasteiger partial charge in [-0.15, -0.1) is 11.3 Å². The lowest BCUT2D eigenvalue weighted by molar-refractivity contribution is -0.134. The Labute approximate surface area is 184 Å². The number of thiazole rings is 1. The smallest absolute Gasteiger partial charge is 0.329 e. The number of nitrogens with one attached hydrogen (secondary N) is 1. The van der Waals surface area contributed by atoms with Crippen molar-refractivity contribution in [2.45, 2.75) is 45.7 Å². The molecule has 1 saturated heterocycles. The number of rotatable bonds is 7. The molecular weight excluding hydrogens is 414 g/mol. The van der Waals surface area contributed by atoms with Crippen LogP contribution in [-0.2, 0) is 22.7 Å². The number of aryl methyl sites for hydroxylation is 2. The van der Waals surface area contributed by atoms with E-state index >= 15 is 0 Å². The van der Waals surface area contributed by atoms with Crippen LogP contribution in [0.4, 0.5) is 5.13 Å². The fourth-order valence-electron chi connectivity index (χ4n) is 4.20. The fourth-order valence-corrected chi connectivity index (χ4v) is 4.74. The second-order valence-corrected chi connectivity index (χ2v) is 8.72. The third-order valence-corrected chi connectivity index (χ3v) is 6.42. The normalized spacial score (nSPS) is 16.5. The van der Waals surface area contributed by atoms with Gasteiger partial charge >= 0.3 is 5.69 Å². The first-order valence-corrected chi connectivity index (χ1v) is 11.6. The molecule has 0 spiro atoms. The molecule has 4 rings (SSSR count). The summed E-state index contributed by atoms with van der Waals surface area (Å²) >= 11 is 1.38. The molecule has 1 aromatic carbocycles. The Morgan fingerprint density at radius 1 is 1.19 bits per heavy atom. The van der Waals surface area contributed by atoms with Gasteiger partial charge in [-0.2, -0.15) is 0 Å². The van der Waals surface area contributed by atoms with Gasteiger partial charge in [0.15, 0.2) is 5.13 Å². The minimum atomic E-state index is -0.240. The van der Waals surface area contributed by atoms with Crippen molar-refractivity contribution in [1.29, 1.82) is 0 Å². The van der Waals surface area contributed by atoms with Crippen molar-refractivity contribution in [2.24, 2.45) is 5.92 Å². The average Bonchev–Trinajstić information content (AvgIpc) is 3.39. The van der Waals surface area contributed by atoms with E-state index in [1.165, 1.54) is 11.3 Å². The second kappa shape index (κ2) is 9.47. The van der Waals surface area contributed by atoms with Crippen molar-refractivity contribution >= 4 is 39.3 Å². The number of para-hydroxylation sites is 2. The number of carbonyl (C=O) groups excluding carboxylic acids is 2. The van der Waals surface area contributed by atoms with Gasteiger partial charge in [-0.1, -0.05) is 19.1 Å². The minimum absolute atomic E-state index is 0.0222. The first kappa shape index (κ1) is 21.3. The highest BCUT2D eigenvalue weighted by molar-refractivity contribution is 7.13. The highest BCUT2D eigenvalue weighted by atomic mass is 32.1. The van der Waals surface area contributed by atoms with Gasteiger partial charge in [0.2, 0.25) is 11.8 Å². The number of amides is 2. The number of aromatic nitrogens is 3. The van der Waals surface area contributed by atoms with Crippen molar-refractivity contribution in [2.75, 3.05) is 18.4 Å². The molecule has 0 radical (unpaired) electrons. The maximum Gasteiger partial charge on any atom is 0.329 e. The first-order chi connectivity index (χ1) is 15.1. The Hall–Kier alpha value is -2.94. The van der Waals surface area contributed by atoms with Crippen LogP contribution in [0.3, 0.4) is 0 Å². The number of hydrogen-bond donors (Lipinski definition) is 1. The third kappa shape index (κ3) is 4.56. The van der Waals surface area contributed by atoms with Crippen molar-refractivity contribution in [1.82, 2.24) is 19.0 Å². The molecule has 1 aliphatic heterocycles. The van der Waals surface area contributed by atoms with Crippen LogP contribution < -0.4 is 11.0 Å². The number of hydrogen-bond acceptors (Lipinski definition) is 5. The van der Waals surface area contributed by atoms with Gasteiger partial charge in [-0.3, -0.25) is 18.7 Å². The number of piperidine rings is 1. The SMILES string of the molecule is CCCn1c(=O)n(CCC(=O)N2CCCC(C(=O)Nc3nccs3)C2)c2ccccc21. The van der Waals surface area contributed by atoms with E-state index in [0.717, 1.165) is 30.3 Å². The molecule has 3 heterocycles. The largest absolute Gasteiger partial charge is 0.342 e. The van der Waals surface area contributed by atoms with Crippen LogP contribution in [-0.4, -0.2) is 43.9 Å². The third-order valence-electron chi connectivity index (χ3n) is 5.73. The number of fused-ring (bicyclic) bond motifs is 1. The van der Waals surface area contributed by atoms with Gasteiger partial charge in [0.1, 0.15) is 0 Å². The van der Waals surface area contributed by atoms with Crippen molar-refractivity contribution in [3.05, 3.63) is 46.3 Å². The summed E-state index contributed by atoms with van der Waals surface area (Å²) in [4.78, 5) is 44.2. The highest BCUT2D eigenvalue weighted by Crippen LogP contribution is 2.21. The standard InChI is InChI=1S/C22H27N5O3S/c1-2-11-26-17-7-3-4-8-18(17)27(22(26)30)13-9-19(28)25-12-5-6-16(15-25)20(29)24-21-23-10-14-31-21/h3-4,7-8,10,14,16H,2,5-6,9,11-13,15H2,1H3,(H,23,24,29). The summed E-state index contributed by atoms with van der Waals surface area (Å²) < 4.78 is 3.47. The zero-order valence-electron chi connectivity index (χ0n) is 17.6. The van der Waals surface area contributed by atoms with Crippen LogP contribution >= 0.6 is 11.3 Å². The van der Waals surface area contributed by atoms with Gasteiger partial charge < -0.3 is 10.2 Å². The summed E-state index contributed by atoms with van der Waals surface area (Å²) in [6.45, 7) is 4.08. The quantitative estimate of drug-likeness (QED) is 0.611. The Kier molecular flexibility index (Phi) is 6.50. The predicted octanol–water partition coefficient (Wildman–Crippen LogP) is 2.94. The molecule has 0 saturated carbocycles. The van der Waals surface area contributed by atoms with Gasteiger partial charge in [0.05, 0.1) is 17.0 Å². The summed E-state index contributed by atoms with van der Waals surface area (Å²) in [6, 6.07) is 7.70. The maximum atomic E-state index is 12.9. The Morgan fingerprint density at radius 2 is 1.94 bits per heavy atom. The molecule has 3 aromatic rings. The summed E-state index contributed by atoms with van der Waals surface area (Å²) in [7, 11) is 0. The van der Waals surface area contributed by atoms with Crippen LogP contribution in [0, 0.1) is 5.92 Å². The van der Waals surface area contributed by atoms with E-state index in [9.17, 15) is 14.4 Å². The summed E-state index contributed by atoms with van der Waals surface area (Å²) in [5.41, 5.74) is 1.68. The van der Waals surface area contributed by atoms with Crippen molar-refractivity contribution in [3.63, 3.8) is 0 Å². The molecule has 0 bridgehead atoms. The lowest BCUT2D eigenvalue weighted by Gasteiger charge is -2.32. The number of likely N-dealkylation sites (tertiary alicyclic amines) is 1. The first-order valence-electron chi connectivity index (χ1n) is 10.7. The molecule has 9 heteroatoms. The molecule has 1 fully saturated rings. The highest BCUT2D eigenvalue weighted by Gasteiger charge is 2.28. The van der Waals surface area contributed by atoms with E-state index in [1.54, 1.807) is 20.2 Å². The van der Waals surface area contributed by atoms with Crippen LogP contribution in [0.2, 0.25) is 0 Å². The molecule has 1 unspecified atom stereocenters. The molecule has 31 heavy (non-hydrogen) atoms. The second-order valence-electron chi connectivity index (χ2n) is 7.83. The zero-order valence-corrected chi connectivity index (χ0v) is 18.4. The van der Waals surface area contributed by atoms with E-state index < -0.39 is 0 Å². The number of imidazole rings is 1. The van der Waals surface area contributed by atoms with Gasteiger partial charge in [-0.25, -0.2) is 9.78 Å². The average molecular weight is 442 g/mol. The van der Waals surface area contributed by atoms with Gasteiger partial charge in [0.25, 0.3) is 0 Å². The fraction of sp³-hybridized carbons (Fsp3) is 0.455.